The predicted octanol–water partition coefficient (Wildman–Crippen LogP) is 5.79. The zero-order valence-corrected chi connectivity index (χ0v) is 15.3. The molecule has 0 fully saturated rings. The Labute approximate surface area is 161 Å². The first kappa shape index (κ1) is 19.0. The van der Waals surface area contributed by atoms with Crippen molar-refractivity contribution in [3.8, 4) is 17.5 Å². The van der Waals surface area contributed by atoms with E-state index in [9.17, 15) is 13.2 Å². The zero-order chi connectivity index (χ0) is 19.3. The maximum atomic E-state index is 12.7. The molecule has 140 valence electrons. The first-order chi connectivity index (χ1) is 13.0. The van der Waals surface area contributed by atoms with Crippen molar-refractivity contribution in [1.82, 2.24) is 10.2 Å². The van der Waals surface area contributed by atoms with Crippen LogP contribution in [-0.2, 0) is 6.18 Å². The highest BCUT2D eigenvalue weighted by Crippen LogP contribution is 2.33. The molecule has 0 bridgehead atoms. The summed E-state index contributed by atoms with van der Waals surface area (Å²) in [6.07, 6.45) is -2.65. The molecule has 3 aromatic rings. The lowest BCUT2D eigenvalue weighted by atomic mass is 10.1. The molecule has 5 nitrogen and oxygen atoms in total. The summed E-state index contributed by atoms with van der Waals surface area (Å²) < 4.78 is 48.8. The summed E-state index contributed by atoms with van der Waals surface area (Å²) in [6.45, 7) is 0.262. The molecular formula is C18H13BrF3N3O2. The van der Waals surface area contributed by atoms with E-state index in [1.807, 2.05) is 0 Å². The highest BCUT2D eigenvalue weighted by Gasteiger charge is 2.29. The standard InChI is InChI=1S/C18H13BrF3N3O2/c19-10-3-11-26-17-25-24-16(27-17)14-4-1-2-5-15(14)23-13-8-6-12(7-9-13)18(20,21)22/h1-10,23H,11H2. The lowest BCUT2D eigenvalue weighted by Crippen LogP contribution is -2.04. The second kappa shape index (κ2) is 8.26. The number of nitrogens with one attached hydrogen (secondary N) is 1. The van der Waals surface area contributed by atoms with Crippen molar-refractivity contribution >= 4 is 27.3 Å². The molecule has 0 radical (unpaired) electrons. The fourth-order valence-corrected chi connectivity index (χ4v) is 2.36. The summed E-state index contributed by atoms with van der Waals surface area (Å²) in [5, 5.41) is 10.8. The average molecular weight is 440 g/mol. The van der Waals surface area contributed by atoms with Crippen LogP contribution in [-0.4, -0.2) is 16.8 Å². The maximum Gasteiger partial charge on any atom is 0.416 e. The second-order valence-corrected chi connectivity index (χ2v) is 5.82. The van der Waals surface area contributed by atoms with Crippen LogP contribution >= 0.6 is 15.9 Å². The number of nitrogens with zero attached hydrogens (tertiary/aromatic N) is 2. The highest BCUT2D eigenvalue weighted by atomic mass is 79.9. The molecule has 0 spiro atoms. The number of halogens is 4. The molecule has 1 aromatic heterocycles. The molecule has 0 aliphatic carbocycles. The third kappa shape index (κ3) is 4.88. The molecular weight excluding hydrogens is 427 g/mol. The van der Waals surface area contributed by atoms with E-state index in [-0.39, 0.29) is 18.6 Å². The molecule has 0 aliphatic rings. The van der Waals surface area contributed by atoms with E-state index in [0.29, 0.717) is 16.9 Å². The van der Waals surface area contributed by atoms with Gasteiger partial charge in [-0.3, -0.25) is 0 Å². The van der Waals surface area contributed by atoms with Gasteiger partial charge in [-0.05, 0) is 47.5 Å². The number of hydrogen-bond acceptors (Lipinski definition) is 5. The van der Waals surface area contributed by atoms with Crippen LogP contribution in [0, 0.1) is 0 Å². The van der Waals surface area contributed by atoms with Gasteiger partial charge in [0, 0.05) is 5.69 Å². The molecule has 3 rings (SSSR count). The Morgan fingerprint density at radius 2 is 1.81 bits per heavy atom. The summed E-state index contributed by atoms with van der Waals surface area (Å²) >= 11 is 3.12. The molecule has 0 saturated carbocycles. The molecule has 0 unspecified atom stereocenters. The van der Waals surface area contributed by atoms with Gasteiger partial charge >= 0.3 is 12.3 Å². The molecule has 2 aromatic carbocycles. The average Bonchev–Trinajstić information content (AvgIpc) is 3.11. The molecule has 0 saturated heterocycles. The number of hydrogen-bond donors (Lipinski definition) is 1. The Kier molecular flexibility index (Phi) is 5.80. The summed E-state index contributed by atoms with van der Waals surface area (Å²) in [5.41, 5.74) is 0.982. The van der Waals surface area contributed by atoms with Crippen LogP contribution in [0.3, 0.4) is 0 Å². The van der Waals surface area contributed by atoms with E-state index in [0.717, 1.165) is 12.1 Å². The van der Waals surface area contributed by atoms with Gasteiger partial charge in [0.25, 0.3) is 5.89 Å². The molecule has 1 heterocycles. The zero-order valence-electron chi connectivity index (χ0n) is 13.7. The molecule has 0 amide bonds. The minimum atomic E-state index is -4.37. The molecule has 9 heteroatoms. The normalized spacial score (nSPS) is 11.7. The summed E-state index contributed by atoms with van der Waals surface area (Å²) in [6, 6.07) is 11.8. The largest absolute Gasteiger partial charge is 0.445 e. The fourth-order valence-electron chi connectivity index (χ4n) is 2.21. The predicted molar refractivity (Wildman–Crippen MR) is 98.0 cm³/mol. The number of anilines is 2. The number of benzene rings is 2. The quantitative estimate of drug-likeness (QED) is 0.526. The Morgan fingerprint density at radius 3 is 2.52 bits per heavy atom. The minimum absolute atomic E-state index is 0.0138. The number of para-hydroxylation sites is 1. The smallest absolute Gasteiger partial charge is 0.416 e. The SMILES string of the molecule is FC(F)(F)c1ccc(Nc2ccccc2-c2nnc(OCC=CBr)o2)cc1. The summed E-state index contributed by atoms with van der Waals surface area (Å²) in [4.78, 5) is 1.65. The lowest BCUT2D eigenvalue weighted by molar-refractivity contribution is -0.137. The number of ether oxygens (including phenoxy) is 1. The van der Waals surface area contributed by atoms with E-state index in [4.69, 9.17) is 9.15 Å². The van der Waals surface area contributed by atoms with Crippen LogP contribution in [0.4, 0.5) is 24.5 Å². The summed E-state index contributed by atoms with van der Waals surface area (Å²) in [5.74, 6) is 0.225. The second-order valence-electron chi connectivity index (χ2n) is 5.29. The van der Waals surface area contributed by atoms with Crippen LogP contribution in [0.15, 0.2) is 64.0 Å². The summed E-state index contributed by atoms with van der Waals surface area (Å²) in [7, 11) is 0. The van der Waals surface area contributed by atoms with Crippen molar-refractivity contribution in [1.29, 1.82) is 0 Å². The number of rotatable bonds is 6. The van der Waals surface area contributed by atoms with Gasteiger partial charge in [-0.25, -0.2) is 0 Å². The fraction of sp³-hybridized carbons (Fsp3) is 0.111. The Hall–Kier alpha value is -2.81. The van der Waals surface area contributed by atoms with Gasteiger partial charge in [0.2, 0.25) is 0 Å². The highest BCUT2D eigenvalue weighted by molar-refractivity contribution is 9.11. The van der Waals surface area contributed by atoms with Crippen molar-refractivity contribution in [3.63, 3.8) is 0 Å². The number of aromatic nitrogens is 2. The third-order valence-electron chi connectivity index (χ3n) is 3.45. The van der Waals surface area contributed by atoms with Crippen LogP contribution in [0.2, 0.25) is 0 Å². The van der Waals surface area contributed by atoms with Crippen molar-refractivity contribution in [2.24, 2.45) is 0 Å². The van der Waals surface area contributed by atoms with Crippen LogP contribution in [0.25, 0.3) is 11.5 Å². The van der Waals surface area contributed by atoms with E-state index in [2.05, 4.69) is 31.4 Å². The number of alkyl halides is 3. The molecule has 0 aliphatic heterocycles. The monoisotopic (exact) mass is 439 g/mol. The van der Waals surface area contributed by atoms with E-state index >= 15 is 0 Å². The van der Waals surface area contributed by atoms with Crippen LogP contribution < -0.4 is 10.1 Å². The van der Waals surface area contributed by atoms with Gasteiger partial charge in [0.05, 0.1) is 16.8 Å². The Balaban J connectivity index is 1.80. The third-order valence-corrected chi connectivity index (χ3v) is 3.82. The van der Waals surface area contributed by atoms with Crippen LogP contribution in [0.5, 0.6) is 6.08 Å². The first-order valence-electron chi connectivity index (χ1n) is 7.72. The van der Waals surface area contributed by atoms with Crippen molar-refractivity contribution in [2.75, 3.05) is 11.9 Å². The van der Waals surface area contributed by atoms with Gasteiger partial charge in [0.15, 0.2) is 0 Å². The van der Waals surface area contributed by atoms with E-state index in [1.54, 1.807) is 35.3 Å². The first-order valence-corrected chi connectivity index (χ1v) is 8.64. The lowest BCUT2D eigenvalue weighted by Gasteiger charge is -2.11. The van der Waals surface area contributed by atoms with Crippen molar-refractivity contribution in [2.45, 2.75) is 6.18 Å². The van der Waals surface area contributed by atoms with Gasteiger partial charge in [0.1, 0.15) is 6.61 Å². The topological polar surface area (TPSA) is 60.2 Å². The van der Waals surface area contributed by atoms with Crippen LogP contribution in [0.1, 0.15) is 5.56 Å². The van der Waals surface area contributed by atoms with Crippen molar-refractivity contribution < 1.29 is 22.3 Å². The Morgan fingerprint density at radius 1 is 1.07 bits per heavy atom. The van der Waals surface area contributed by atoms with Crippen molar-refractivity contribution in [3.05, 3.63) is 65.2 Å². The molecule has 1 N–H and O–H groups in total. The minimum Gasteiger partial charge on any atom is -0.445 e. The van der Waals surface area contributed by atoms with Gasteiger partial charge < -0.3 is 14.5 Å². The molecule has 27 heavy (non-hydrogen) atoms. The van der Waals surface area contributed by atoms with Gasteiger partial charge in [-0.1, -0.05) is 33.2 Å². The van der Waals surface area contributed by atoms with E-state index in [1.165, 1.54) is 12.1 Å². The maximum absolute atomic E-state index is 12.7. The van der Waals surface area contributed by atoms with Gasteiger partial charge in [-0.15, -0.1) is 5.10 Å². The van der Waals surface area contributed by atoms with E-state index < -0.39 is 11.7 Å². The Bertz CT molecular complexity index is 924. The molecule has 0 atom stereocenters. The van der Waals surface area contributed by atoms with Gasteiger partial charge in [-0.2, -0.15) is 13.2 Å².